The van der Waals surface area contributed by atoms with Crippen LogP contribution in [0.5, 0.6) is 0 Å². The maximum Gasteiger partial charge on any atom is 0.246 e. The van der Waals surface area contributed by atoms with Gasteiger partial charge in [-0.05, 0) is 30.7 Å². The number of fused-ring (bicyclic) bond motifs is 1. The minimum atomic E-state index is -4.23. The number of halogens is 3. The summed E-state index contributed by atoms with van der Waals surface area (Å²) >= 11 is 0. The highest BCUT2D eigenvalue weighted by atomic mass is 32.2. The average Bonchev–Trinajstić information content (AvgIpc) is 3.03. The van der Waals surface area contributed by atoms with Crippen LogP contribution in [0.25, 0.3) is 10.9 Å². The minimum Gasteiger partial charge on any atom is -0.345 e. The summed E-state index contributed by atoms with van der Waals surface area (Å²) in [6, 6.07) is 5.84. The van der Waals surface area contributed by atoms with Gasteiger partial charge in [0.05, 0.1) is 17.3 Å². The van der Waals surface area contributed by atoms with Gasteiger partial charge in [-0.2, -0.15) is 5.10 Å². The maximum atomic E-state index is 14.7. The van der Waals surface area contributed by atoms with Crippen molar-refractivity contribution < 1.29 is 21.6 Å². The van der Waals surface area contributed by atoms with Gasteiger partial charge in [-0.15, -0.1) is 0 Å². The van der Waals surface area contributed by atoms with Crippen molar-refractivity contribution in [2.24, 2.45) is 7.05 Å². The van der Waals surface area contributed by atoms with Gasteiger partial charge < -0.3 is 5.32 Å². The largest absolute Gasteiger partial charge is 0.345 e. The van der Waals surface area contributed by atoms with Gasteiger partial charge in [0.1, 0.15) is 11.1 Å². The summed E-state index contributed by atoms with van der Waals surface area (Å²) in [5.74, 6) is -4.35. The van der Waals surface area contributed by atoms with E-state index in [0.717, 1.165) is 9.82 Å². The molecule has 1 fully saturated rings. The molecule has 7 nitrogen and oxygen atoms in total. The smallest absolute Gasteiger partial charge is 0.246 e. The van der Waals surface area contributed by atoms with Gasteiger partial charge in [0, 0.05) is 31.1 Å². The SMILES string of the molecule is CN1C(=N)N[C@](C)(c2cc(F)c(F)cc2F)[C@@H](c2ccc3c(cnn3C)c2)S1(=O)=O. The second-order valence-corrected chi connectivity index (χ2v) is 9.45. The fourth-order valence-corrected chi connectivity index (χ4v) is 5.84. The maximum absolute atomic E-state index is 14.7. The van der Waals surface area contributed by atoms with Crippen molar-refractivity contribution in [1.29, 1.82) is 5.41 Å². The summed E-state index contributed by atoms with van der Waals surface area (Å²) in [6.45, 7) is 1.35. The van der Waals surface area contributed by atoms with Crippen molar-refractivity contribution in [2.75, 3.05) is 7.05 Å². The first-order valence-corrected chi connectivity index (χ1v) is 10.4. The lowest BCUT2D eigenvalue weighted by atomic mass is 9.84. The molecule has 1 saturated heterocycles. The molecule has 4 rings (SSSR count). The third kappa shape index (κ3) is 2.76. The third-order valence-electron chi connectivity index (χ3n) is 5.54. The molecule has 158 valence electrons. The second kappa shape index (κ2) is 6.46. The Morgan fingerprint density at radius 3 is 2.47 bits per heavy atom. The molecule has 2 N–H and O–H groups in total. The lowest BCUT2D eigenvalue weighted by Crippen LogP contribution is -2.62. The number of nitrogens with one attached hydrogen (secondary N) is 2. The molecule has 0 radical (unpaired) electrons. The Morgan fingerprint density at radius 1 is 1.10 bits per heavy atom. The van der Waals surface area contributed by atoms with Crippen molar-refractivity contribution in [3.8, 4) is 0 Å². The Hall–Kier alpha value is -3.08. The summed E-state index contributed by atoms with van der Waals surface area (Å²) in [7, 11) is -1.30. The second-order valence-electron chi connectivity index (χ2n) is 7.40. The summed E-state index contributed by atoms with van der Waals surface area (Å²) in [6.07, 6.45) is 1.56. The third-order valence-corrected chi connectivity index (χ3v) is 7.82. The molecular formula is C19H18F3N5O2S. The fourth-order valence-electron chi connectivity index (χ4n) is 3.95. The van der Waals surface area contributed by atoms with Crippen LogP contribution in [-0.2, 0) is 22.6 Å². The number of hydrogen-bond donors (Lipinski definition) is 2. The Morgan fingerprint density at radius 2 is 1.77 bits per heavy atom. The number of guanidine groups is 1. The number of rotatable bonds is 2. The van der Waals surface area contributed by atoms with Gasteiger partial charge in [-0.3, -0.25) is 10.1 Å². The van der Waals surface area contributed by atoms with Gasteiger partial charge >= 0.3 is 0 Å². The highest BCUT2D eigenvalue weighted by molar-refractivity contribution is 7.90. The molecule has 1 aliphatic rings. The molecule has 2 atom stereocenters. The highest BCUT2D eigenvalue weighted by Crippen LogP contribution is 2.46. The molecule has 11 heteroatoms. The molecular weight excluding hydrogens is 419 g/mol. The van der Waals surface area contributed by atoms with Crippen LogP contribution < -0.4 is 5.32 Å². The normalized spacial score (nSPS) is 23.6. The number of hydrogen-bond acceptors (Lipinski definition) is 4. The molecule has 1 aliphatic heterocycles. The fraction of sp³-hybridized carbons (Fsp3) is 0.263. The predicted molar refractivity (Wildman–Crippen MR) is 105 cm³/mol. The van der Waals surface area contributed by atoms with Gasteiger partial charge in [-0.1, -0.05) is 6.07 Å². The van der Waals surface area contributed by atoms with Crippen molar-refractivity contribution in [3.05, 3.63) is 65.1 Å². The molecule has 0 bridgehead atoms. The number of nitrogens with zero attached hydrogens (tertiary/aromatic N) is 3. The topological polar surface area (TPSA) is 91.1 Å². The Labute approximate surface area is 170 Å². The van der Waals surface area contributed by atoms with E-state index in [4.69, 9.17) is 5.41 Å². The molecule has 0 unspecified atom stereocenters. The lowest BCUT2D eigenvalue weighted by Gasteiger charge is -2.46. The van der Waals surface area contributed by atoms with Gasteiger partial charge in [0.2, 0.25) is 16.0 Å². The Kier molecular flexibility index (Phi) is 4.35. The molecule has 0 spiro atoms. The summed E-state index contributed by atoms with van der Waals surface area (Å²) in [4.78, 5) is 0. The summed E-state index contributed by atoms with van der Waals surface area (Å²) in [5.41, 5.74) is -1.16. The van der Waals surface area contributed by atoms with E-state index in [0.29, 0.717) is 17.5 Å². The van der Waals surface area contributed by atoms with E-state index in [1.165, 1.54) is 14.0 Å². The first-order chi connectivity index (χ1) is 14.0. The van der Waals surface area contributed by atoms with Crippen molar-refractivity contribution in [2.45, 2.75) is 17.7 Å². The van der Waals surface area contributed by atoms with Crippen LogP contribution in [0.15, 0.2) is 36.5 Å². The van der Waals surface area contributed by atoms with Crippen LogP contribution in [0.2, 0.25) is 0 Å². The van der Waals surface area contributed by atoms with Crippen LogP contribution in [-0.4, -0.2) is 35.5 Å². The van der Waals surface area contributed by atoms with E-state index in [1.54, 1.807) is 36.1 Å². The molecule has 0 aliphatic carbocycles. The first kappa shape index (κ1) is 20.2. The Balaban J connectivity index is 2.01. The number of sulfonamides is 1. The molecule has 1 aromatic heterocycles. The van der Waals surface area contributed by atoms with Crippen molar-refractivity contribution in [3.63, 3.8) is 0 Å². The predicted octanol–water partition coefficient (Wildman–Crippen LogP) is 2.75. The number of aromatic nitrogens is 2. The van der Waals surface area contributed by atoms with E-state index >= 15 is 0 Å². The Bertz CT molecular complexity index is 1310. The van der Waals surface area contributed by atoms with Crippen LogP contribution in [0, 0.1) is 22.9 Å². The van der Waals surface area contributed by atoms with E-state index in [2.05, 4.69) is 10.4 Å². The monoisotopic (exact) mass is 437 g/mol. The quantitative estimate of drug-likeness (QED) is 0.604. The van der Waals surface area contributed by atoms with Crippen molar-refractivity contribution >= 4 is 26.9 Å². The molecule has 0 saturated carbocycles. The van der Waals surface area contributed by atoms with E-state index < -0.39 is 49.8 Å². The van der Waals surface area contributed by atoms with Crippen LogP contribution >= 0.6 is 0 Å². The summed E-state index contributed by atoms with van der Waals surface area (Å²) in [5, 5.41) is 14.1. The standard InChI is InChI=1S/C19H18F3N5O2S/c1-19(12-7-14(21)15(22)8-13(12)20)17(30(28,29)27(3)18(23)25-19)10-4-5-16-11(6-10)9-24-26(16)2/h4-9,17H,1-3H3,(H2,23,25)/t17-,19-/m1/s1. The zero-order chi connectivity index (χ0) is 22.0. The zero-order valence-electron chi connectivity index (χ0n) is 16.2. The summed E-state index contributed by atoms with van der Waals surface area (Å²) < 4.78 is 71.3. The van der Waals surface area contributed by atoms with Gasteiger partial charge in [0.25, 0.3) is 0 Å². The number of benzene rings is 2. The van der Waals surface area contributed by atoms with Crippen LogP contribution in [0.3, 0.4) is 0 Å². The molecule has 0 amide bonds. The lowest BCUT2D eigenvalue weighted by molar-refractivity contribution is 0.341. The van der Waals surface area contributed by atoms with Crippen LogP contribution in [0.1, 0.15) is 23.3 Å². The van der Waals surface area contributed by atoms with E-state index in [9.17, 15) is 21.6 Å². The average molecular weight is 437 g/mol. The number of aryl methyl sites for hydroxylation is 1. The van der Waals surface area contributed by atoms with E-state index in [-0.39, 0.29) is 5.56 Å². The van der Waals surface area contributed by atoms with Gasteiger partial charge in [0.15, 0.2) is 11.6 Å². The molecule has 3 aromatic rings. The highest BCUT2D eigenvalue weighted by Gasteiger charge is 2.53. The molecule has 2 heterocycles. The first-order valence-electron chi connectivity index (χ1n) is 8.88. The zero-order valence-corrected chi connectivity index (χ0v) is 17.1. The minimum absolute atomic E-state index is 0.286. The van der Waals surface area contributed by atoms with Gasteiger partial charge in [-0.25, -0.2) is 25.9 Å². The van der Waals surface area contributed by atoms with Crippen molar-refractivity contribution in [1.82, 2.24) is 19.4 Å². The molecule has 30 heavy (non-hydrogen) atoms. The van der Waals surface area contributed by atoms with Crippen LogP contribution in [0.4, 0.5) is 13.2 Å². The molecule has 2 aromatic carbocycles. The van der Waals surface area contributed by atoms with E-state index in [1.807, 2.05) is 0 Å².